The maximum atomic E-state index is 13.3. The first-order valence-electron chi connectivity index (χ1n) is 12.9. The lowest BCUT2D eigenvalue weighted by molar-refractivity contribution is -0.188. The van der Waals surface area contributed by atoms with Gasteiger partial charge in [0.25, 0.3) is 5.91 Å². The molecule has 0 spiro atoms. The number of carbonyl (C=O) groups is 2. The molecular weight excluding hydrogens is 460 g/mol. The summed E-state index contributed by atoms with van der Waals surface area (Å²) in [6, 6.07) is 7.54. The van der Waals surface area contributed by atoms with E-state index in [1.165, 1.54) is 11.4 Å². The summed E-state index contributed by atoms with van der Waals surface area (Å²) in [5, 5.41) is 11.8. The van der Waals surface area contributed by atoms with Crippen molar-refractivity contribution in [2.24, 2.45) is 5.92 Å². The molecule has 2 aliphatic rings. The molecule has 9 heteroatoms. The molecule has 0 radical (unpaired) electrons. The van der Waals surface area contributed by atoms with Crippen molar-refractivity contribution >= 4 is 11.9 Å². The fourth-order valence-corrected chi connectivity index (χ4v) is 5.31. The van der Waals surface area contributed by atoms with Gasteiger partial charge in [0.2, 0.25) is 0 Å². The lowest BCUT2D eigenvalue weighted by Gasteiger charge is -2.29. The molecule has 1 amide bonds. The second kappa shape index (κ2) is 12.3. The van der Waals surface area contributed by atoms with Crippen molar-refractivity contribution in [1.82, 2.24) is 19.9 Å². The molecule has 1 aromatic heterocycles. The van der Waals surface area contributed by atoms with Crippen molar-refractivity contribution in [3.63, 3.8) is 0 Å². The van der Waals surface area contributed by atoms with E-state index in [2.05, 4.69) is 16.0 Å². The summed E-state index contributed by atoms with van der Waals surface area (Å²) >= 11 is 0. The summed E-state index contributed by atoms with van der Waals surface area (Å²) in [4.78, 5) is 42.0. The quantitative estimate of drug-likeness (QED) is 0.447. The molecule has 0 bridgehead atoms. The Morgan fingerprint density at radius 2 is 2.11 bits per heavy atom. The molecule has 2 aromatic rings. The number of hydrogen-bond donors (Lipinski definition) is 1. The third-order valence-corrected chi connectivity index (χ3v) is 7.01. The Kier molecular flexibility index (Phi) is 8.88. The predicted molar refractivity (Wildman–Crippen MR) is 133 cm³/mol. The van der Waals surface area contributed by atoms with Gasteiger partial charge in [-0.05, 0) is 48.9 Å². The summed E-state index contributed by atoms with van der Waals surface area (Å²) in [7, 11) is 0. The van der Waals surface area contributed by atoms with E-state index in [0.717, 1.165) is 41.8 Å². The average Bonchev–Trinajstić information content (AvgIpc) is 3.50. The average molecular weight is 497 g/mol. The number of aliphatic carboxylic acids is 1. The number of ether oxygens (including phenoxy) is 1. The number of carboxylic acids is 1. The zero-order valence-corrected chi connectivity index (χ0v) is 21.1. The maximum absolute atomic E-state index is 13.3. The van der Waals surface area contributed by atoms with Crippen LogP contribution < -0.4 is 4.74 Å². The third kappa shape index (κ3) is 6.02. The smallest absolute Gasteiger partial charge is 0.308 e. The van der Waals surface area contributed by atoms with Gasteiger partial charge < -0.3 is 9.84 Å². The molecule has 3 heterocycles. The fourth-order valence-electron chi connectivity index (χ4n) is 5.31. The van der Waals surface area contributed by atoms with E-state index in [4.69, 9.17) is 9.57 Å². The number of carbonyl (C=O) groups excluding carboxylic acids is 1. The molecule has 1 N–H and O–H groups in total. The van der Waals surface area contributed by atoms with E-state index in [9.17, 15) is 14.7 Å². The van der Waals surface area contributed by atoms with Crippen molar-refractivity contribution in [3.05, 3.63) is 53.6 Å². The number of benzene rings is 1. The van der Waals surface area contributed by atoms with Gasteiger partial charge in [0, 0.05) is 43.4 Å². The number of rotatable bonds is 12. The number of hydroxylamine groups is 2. The second-order valence-corrected chi connectivity index (χ2v) is 9.50. The van der Waals surface area contributed by atoms with Crippen LogP contribution in [0.3, 0.4) is 0 Å². The van der Waals surface area contributed by atoms with Crippen LogP contribution in [0.4, 0.5) is 0 Å². The Balaban J connectivity index is 1.59. The molecule has 9 nitrogen and oxygen atoms in total. The summed E-state index contributed by atoms with van der Waals surface area (Å²) in [5.74, 6) is -0.972. The number of hydrogen-bond acceptors (Lipinski definition) is 7. The lowest BCUT2D eigenvalue weighted by atomic mass is 9.83. The second-order valence-electron chi connectivity index (χ2n) is 9.50. The molecule has 4 rings (SSSR count). The highest BCUT2D eigenvalue weighted by Crippen LogP contribution is 2.41. The van der Waals surface area contributed by atoms with Crippen molar-refractivity contribution in [3.8, 4) is 5.75 Å². The molecular formula is C27H36N4O5. The topological polar surface area (TPSA) is 105 Å². The van der Waals surface area contributed by atoms with Crippen LogP contribution in [0.2, 0.25) is 0 Å². The van der Waals surface area contributed by atoms with Gasteiger partial charge in [-0.1, -0.05) is 26.0 Å². The highest BCUT2D eigenvalue weighted by atomic mass is 16.7. The number of carboxylic acid groups (broad SMARTS) is 1. The first kappa shape index (κ1) is 26.0. The van der Waals surface area contributed by atoms with Crippen LogP contribution in [-0.2, 0) is 27.3 Å². The highest BCUT2D eigenvalue weighted by molar-refractivity contribution is 5.78. The first-order chi connectivity index (χ1) is 17.5. The Hall–Kier alpha value is -3.04. The van der Waals surface area contributed by atoms with Gasteiger partial charge in [-0.2, -0.15) is 0 Å². The fraction of sp³-hybridized carbons (Fsp3) is 0.556. The molecule has 194 valence electrons. The van der Waals surface area contributed by atoms with Crippen molar-refractivity contribution in [2.75, 3.05) is 32.8 Å². The van der Waals surface area contributed by atoms with Gasteiger partial charge in [0.05, 0.1) is 25.7 Å². The Labute approximate surface area is 212 Å². The highest BCUT2D eigenvalue weighted by Gasteiger charge is 2.47. The van der Waals surface area contributed by atoms with E-state index < -0.39 is 11.9 Å². The maximum Gasteiger partial charge on any atom is 0.308 e. The molecule has 36 heavy (non-hydrogen) atoms. The van der Waals surface area contributed by atoms with Crippen LogP contribution in [0, 0.1) is 5.92 Å². The molecule has 3 unspecified atom stereocenters. The summed E-state index contributed by atoms with van der Waals surface area (Å²) < 4.78 is 5.65. The summed E-state index contributed by atoms with van der Waals surface area (Å²) in [6.45, 7) is 6.25. The number of aromatic nitrogens is 2. The van der Waals surface area contributed by atoms with Gasteiger partial charge in [0.15, 0.2) is 0 Å². The van der Waals surface area contributed by atoms with E-state index in [0.29, 0.717) is 39.1 Å². The summed E-state index contributed by atoms with van der Waals surface area (Å²) in [6.07, 6.45) is 6.80. The minimum absolute atomic E-state index is 0.118. The van der Waals surface area contributed by atoms with E-state index in [1.54, 1.807) is 6.20 Å². The van der Waals surface area contributed by atoms with E-state index in [-0.39, 0.29) is 24.4 Å². The van der Waals surface area contributed by atoms with Crippen LogP contribution in [0.25, 0.3) is 0 Å². The Morgan fingerprint density at radius 1 is 1.25 bits per heavy atom. The van der Waals surface area contributed by atoms with Crippen molar-refractivity contribution in [1.29, 1.82) is 0 Å². The normalized spacial score (nSPS) is 21.2. The number of amides is 1. The van der Waals surface area contributed by atoms with Crippen LogP contribution >= 0.6 is 0 Å². The van der Waals surface area contributed by atoms with Crippen molar-refractivity contribution < 1.29 is 24.3 Å². The van der Waals surface area contributed by atoms with Gasteiger partial charge in [-0.25, -0.2) is 15.0 Å². The molecule has 0 saturated carbocycles. The zero-order chi connectivity index (χ0) is 25.5. The minimum atomic E-state index is -0.841. The standard InChI is InChI=1S/C27H36N4O5/c1-3-12-31(36-13-4-2)25(32)17-30-16-22(19-5-8-24-20(15-19)10-14-35-24)26(27(33)34)23(30)7-6-21-9-11-28-18-29-21/h5,8-9,11,15,18,22-23,26H,3-4,6-7,10,12-14,16-17H2,1-2H3,(H,33,34). The lowest BCUT2D eigenvalue weighted by Crippen LogP contribution is -2.44. The monoisotopic (exact) mass is 496 g/mol. The van der Waals surface area contributed by atoms with Crippen LogP contribution in [0.5, 0.6) is 5.75 Å². The molecule has 1 aromatic carbocycles. The Morgan fingerprint density at radius 3 is 2.83 bits per heavy atom. The minimum Gasteiger partial charge on any atom is -0.493 e. The largest absolute Gasteiger partial charge is 0.493 e. The number of nitrogens with zero attached hydrogens (tertiary/aromatic N) is 4. The number of likely N-dealkylation sites (tertiary alicyclic amines) is 1. The van der Waals surface area contributed by atoms with Gasteiger partial charge in [-0.15, -0.1) is 0 Å². The zero-order valence-electron chi connectivity index (χ0n) is 21.1. The summed E-state index contributed by atoms with van der Waals surface area (Å²) in [5.41, 5.74) is 2.96. The van der Waals surface area contributed by atoms with Crippen LogP contribution in [0.1, 0.15) is 55.8 Å². The van der Waals surface area contributed by atoms with Gasteiger partial charge in [0.1, 0.15) is 12.1 Å². The van der Waals surface area contributed by atoms with Crippen LogP contribution in [-0.4, -0.2) is 75.8 Å². The number of aryl methyl sites for hydroxylation is 1. The number of fused-ring (bicyclic) bond motifs is 1. The molecule has 1 fully saturated rings. The molecule has 2 aliphatic heterocycles. The molecule has 0 aliphatic carbocycles. The SMILES string of the molecule is CCCON(CCC)C(=O)CN1CC(c2ccc3c(c2)CCO3)C(C(=O)O)C1CCc1ccncn1. The van der Waals surface area contributed by atoms with Crippen LogP contribution in [0.15, 0.2) is 36.8 Å². The third-order valence-electron chi connectivity index (χ3n) is 7.01. The first-order valence-corrected chi connectivity index (χ1v) is 12.9. The molecule has 3 atom stereocenters. The Bertz CT molecular complexity index is 1030. The van der Waals surface area contributed by atoms with E-state index >= 15 is 0 Å². The van der Waals surface area contributed by atoms with Gasteiger partial charge in [-0.3, -0.25) is 19.3 Å². The predicted octanol–water partition coefficient (Wildman–Crippen LogP) is 3.09. The van der Waals surface area contributed by atoms with Crippen molar-refractivity contribution in [2.45, 2.75) is 57.9 Å². The molecule has 1 saturated heterocycles. The van der Waals surface area contributed by atoms with E-state index in [1.807, 2.05) is 36.9 Å². The van der Waals surface area contributed by atoms with Gasteiger partial charge >= 0.3 is 5.97 Å².